The molecule has 4 aliphatic rings. The van der Waals surface area contributed by atoms with E-state index in [-0.39, 0.29) is 16.7 Å². The molecule has 3 fully saturated rings. The average molecular weight is 355 g/mol. The number of piperidine rings is 1. The third-order valence-corrected chi connectivity index (χ3v) is 7.85. The summed E-state index contributed by atoms with van der Waals surface area (Å²) in [5.74, 6) is 1.84. The van der Waals surface area contributed by atoms with Crippen molar-refractivity contribution < 1.29 is 14.3 Å². The van der Waals surface area contributed by atoms with E-state index in [1.807, 2.05) is 29.4 Å². The highest BCUT2D eigenvalue weighted by atomic mass is 16.6. The van der Waals surface area contributed by atoms with Gasteiger partial charge < -0.3 is 15.2 Å². The molecule has 0 radical (unpaired) electrons. The van der Waals surface area contributed by atoms with Crippen LogP contribution in [0.4, 0.5) is 0 Å². The molecular weight excluding hydrogens is 330 g/mol. The van der Waals surface area contributed by atoms with Gasteiger partial charge in [0.05, 0.1) is 6.21 Å². The lowest BCUT2D eigenvalue weighted by Gasteiger charge is -2.44. The number of fused-ring (bicyclic) bond motifs is 1. The molecule has 1 saturated heterocycles. The zero-order valence-electron chi connectivity index (χ0n) is 15.3. The van der Waals surface area contributed by atoms with Gasteiger partial charge in [-0.3, -0.25) is 9.80 Å². The number of hydrogen-bond donors (Lipinski definition) is 1. The van der Waals surface area contributed by atoms with Crippen LogP contribution >= 0.6 is 0 Å². The molecule has 1 aromatic carbocycles. The number of amides is 1. The van der Waals surface area contributed by atoms with Crippen LogP contribution in [0.1, 0.15) is 38.7 Å². The number of carbonyl (C=O) groups is 1. The molecule has 2 heterocycles. The van der Waals surface area contributed by atoms with Gasteiger partial charge in [-0.25, -0.2) is 0 Å². The number of rotatable bonds is 3. The summed E-state index contributed by atoms with van der Waals surface area (Å²) in [6, 6.07) is 5.79. The number of nitrogens with two attached hydrogens (primary N) is 1. The van der Waals surface area contributed by atoms with E-state index in [0.717, 1.165) is 36.4 Å². The Labute approximate surface area is 153 Å². The predicted molar refractivity (Wildman–Crippen MR) is 97.2 cm³/mol. The van der Waals surface area contributed by atoms with Gasteiger partial charge in [-0.15, -0.1) is 0 Å². The molecule has 2 aliphatic heterocycles. The Bertz CT molecular complexity index is 825. The Kier molecular flexibility index (Phi) is 3.03. The number of hydrogen-bond acceptors (Lipinski definition) is 5. The third kappa shape index (κ3) is 1.68. The lowest BCUT2D eigenvalue weighted by atomic mass is 9.65. The van der Waals surface area contributed by atoms with Gasteiger partial charge in [-0.05, 0) is 54.4 Å². The van der Waals surface area contributed by atoms with E-state index < -0.39 is 5.54 Å². The first kappa shape index (κ1) is 16.0. The van der Waals surface area contributed by atoms with Crippen LogP contribution in [-0.4, -0.2) is 42.4 Å². The van der Waals surface area contributed by atoms with Gasteiger partial charge in [-0.2, -0.15) is 5.10 Å². The van der Waals surface area contributed by atoms with Crippen LogP contribution in [0.25, 0.3) is 0 Å². The van der Waals surface area contributed by atoms with E-state index >= 15 is 0 Å². The average Bonchev–Trinajstić information content (AvgIpc) is 3.08. The van der Waals surface area contributed by atoms with Crippen LogP contribution in [0.15, 0.2) is 23.3 Å². The topological polar surface area (TPSA) is 77.2 Å². The summed E-state index contributed by atoms with van der Waals surface area (Å²) in [7, 11) is 0. The normalized spacial score (nSPS) is 39.8. The van der Waals surface area contributed by atoms with Crippen molar-refractivity contribution in [2.24, 2.45) is 27.6 Å². The number of primary amides is 1. The molecule has 1 aromatic rings. The van der Waals surface area contributed by atoms with Crippen molar-refractivity contribution in [3.63, 3.8) is 0 Å². The standard InChI is InChI=1S/C20H25N3O3/c1-18-12-23(20(17(21)24)10-14(18)5-6-19(18,20)2)22-11-13-3-4-15-16(9-13)26-8-7-25-15/h3-4,9,11,14H,5-8,10,12H2,1-2H3,(H2,21,24)/b22-11+. The summed E-state index contributed by atoms with van der Waals surface area (Å²) < 4.78 is 11.2. The van der Waals surface area contributed by atoms with E-state index in [9.17, 15) is 4.79 Å². The van der Waals surface area contributed by atoms with E-state index in [4.69, 9.17) is 20.3 Å². The lowest BCUT2D eigenvalue weighted by Crippen LogP contribution is -2.60. The minimum atomic E-state index is -0.658. The minimum absolute atomic E-state index is 0.0966. The number of carbonyl (C=O) groups excluding carboxylic acids is 1. The van der Waals surface area contributed by atoms with Crippen LogP contribution in [-0.2, 0) is 4.79 Å². The fourth-order valence-corrected chi connectivity index (χ4v) is 6.16. The highest BCUT2D eigenvalue weighted by molar-refractivity contribution is 5.88. The molecule has 4 atom stereocenters. The largest absolute Gasteiger partial charge is 0.486 e. The van der Waals surface area contributed by atoms with Crippen LogP contribution in [0, 0.1) is 16.7 Å². The maximum Gasteiger partial charge on any atom is 0.245 e. The highest BCUT2D eigenvalue weighted by Crippen LogP contribution is 2.75. The van der Waals surface area contributed by atoms with Crippen LogP contribution in [0.2, 0.25) is 0 Å². The summed E-state index contributed by atoms with van der Waals surface area (Å²) >= 11 is 0. The van der Waals surface area contributed by atoms with Crippen molar-refractivity contribution in [1.29, 1.82) is 0 Å². The van der Waals surface area contributed by atoms with Gasteiger partial charge >= 0.3 is 0 Å². The van der Waals surface area contributed by atoms with Crippen molar-refractivity contribution in [1.82, 2.24) is 5.01 Å². The Morgan fingerprint density at radius 2 is 2.08 bits per heavy atom. The van der Waals surface area contributed by atoms with E-state index in [0.29, 0.717) is 19.1 Å². The van der Waals surface area contributed by atoms with Gasteiger partial charge in [0.2, 0.25) is 5.91 Å². The van der Waals surface area contributed by atoms with Crippen LogP contribution in [0.3, 0.4) is 0 Å². The minimum Gasteiger partial charge on any atom is -0.486 e. The predicted octanol–water partition coefficient (Wildman–Crippen LogP) is 2.16. The molecule has 2 N–H and O–H groups in total. The second kappa shape index (κ2) is 4.93. The molecule has 1 amide bonds. The van der Waals surface area contributed by atoms with Crippen molar-refractivity contribution in [3.05, 3.63) is 23.8 Å². The number of benzene rings is 1. The molecule has 138 valence electrons. The number of hydrazone groups is 1. The highest BCUT2D eigenvalue weighted by Gasteiger charge is 2.80. The van der Waals surface area contributed by atoms with E-state index in [2.05, 4.69) is 13.8 Å². The van der Waals surface area contributed by atoms with Crippen molar-refractivity contribution >= 4 is 12.1 Å². The Morgan fingerprint density at radius 3 is 2.81 bits per heavy atom. The first-order chi connectivity index (χ1) is 12.4. The van der Waals surface area contributed by atoms with Crippen LogP contribution in [0.5, 0.6) is 11.5 Å². The molecule has 0 aromatic heterocycles. The van der Waals surface area contributed by atoms with Gasteiger partial charge in [0.1, 0.15) is 18.8 Å². The summed E-state index contributed by atoms with van der Waals surface area (Å²) in [4.78, 5) is 12.6. The monoisotopic (exact) mass is 355 g/mol. The molecule has 4 bridgehead atoms. The molecule has 2 aliphatic carbocycles. The van der Waals surface area contributed by atoms with E-state index in [1.54, 1.807) is 0 Å². The zero-order valence-corrected chi connectivity index (χ0v) is 15.3. The maximum absolute atomic E-state index is 12.6. The fraction of sp³-hybridized carbons (Fsp3) is 0.600. The van der Waals surface area contributed by atoms with Gasteiger partial charge in [-0.1, -0.05) is 13.8 Å². The quantitative estimate of drug-likeness (QED) is 0.843. The van der Waals surface area contributed by atoms with E-state index in [1.165, 1.54) is 6.42 Å². The van der Waals surface area contributed by atoms with Gasteiger partial charge in [0.25, 0.3) is 0 Å². The van der Waals surface area contributed by atoms with Gasteiger partial charge in [0, 0.05) is 12.0 Å². The maximum atomic E-state index is 12.6. The molecule has 26 heavy (non-hydrogen) atoms. The molecular formula is C20H25N3O3. The summed E-state index contributed by atoms with van der Waals surface area (Å²) in [6.07, 6.45) is 4.88. The molecule has 5 rings (SSSR count). The second-order valence-electron chi connectivity index (χ2n) is 8.62. The van der Waals surface area contributed by atoms with Crippen molar-refractivity contribution in [2.75, 3.05) is 19.8 Å². The smallest absolute Gasteiger partial charge is 0.245 e. The second-order valence-corrected chi connectivity index (χ2v) is 8.62. The SMILES string of the molecule is CC12CN(/N=C/c3ccc4c(c3)OCCO4)C3(C(N)=O)CC1CCC23C. The molecule has 6 nitrogen and oxygen atoms in total. The molecule has 4 unspecified atom stereocenters. The Hall–Kier alpha value is -2.24. The molecule has 2 saturated carbocycles. The first-order valence-corrected chi connectivity index (χ1v) is 9.42. The molecule has 6 heteroatoms. The summed E-state index contributed by atoms with van der Waals surface area (Å²) in [5.41, 5.74) is 6.24. The third-order valence-electron chi connectivity index (χ3n) is 7.85. The number of ether oxygens (including phenoxy) is 2. The Morgan fingerprint density at radius 1 is 1.31 bits per heavy atom. The van der Waals surface area contributed by atoms with Crippen molar-refractivity contribution in [3.8, 4) is 11.5 Å². The lowest BCUT2D eigenvalue weighted by molar-refractivity contribution is -0.135. The van der Waals surface area contributed by atoms with Crippen LogP contribution < -0.4 is 15.2 Å². The fourth-order valence-electron chi connectivity index (χ4n) is 6.16. The van der Waals surface area contributed by atoms with Gasteiger partial charge in [0.15, 0.2) is 11.5 Å². The number of nitrogens with zero attached hydrogens (tertiary/aromatic N) is 2. The first-order valence-electron chi connectivity index (χ1n) is 9.42. The Balaban J connectivity index is 1.48. The zero-order chi connectivity index (χ0) is 18.2. The summed E-state index contributed by atoms with van der Waals surface area (Å²) in [5, 5.41) is 6.71. The van der Waals surface area contributed by atoms with Crippen molar-refractivity contribution in [2.45, 2.75) is 38.6 Å². The molecule has 0 spiro atoms. The summed E-state index contributed by atoms with van der Waals surface area (Å²) in [6.45, 7) is 6.48.